The van der Waals surface area contributed by atoms with Gasteiger partial charge in [0.05, 0.1) is 5.60 Å². The van der Waals surface area contributed by atoms with Crippen LogP contribution in [-0.4, -0.2) is 36.4 Å². The Hall–Kier alpha value is -0.940. The molecule has 0 N–H and O–H groups in total. The van der Waals surface area contributed by atoms with E-state index in [0.717, 1.165) is 6.42 Å². The third-order valence-corrected chi connectivity index (χ3v) is 4.10. The number of ether oxygens (including phenoxy) is 3. The number of hydrogen-bond donors (Lipinski definition) is 0. The molecule has 0 aromatic carbocycles. The molecule has 5 heteroatoms. The van der Waals surface area contributed by atoms with Gasteiger partial charge in [-0.05, 0) is 40.5 Å². The number of hydrogen-bond acceptors (Lipinski definition) is 5. The van der Waals surface area contributed by atoms with Crippen molar-refractivity contribution in [1.29, 1.82) is 0 Å². The van der Waals surface area contributed by atoms with Crippen LogP contribution in [0.1, 0.15) is 47.0 Å². The molecule has 1 heterocycles. The van der Waals surface area contributed by atoms with Gasteiger partial charge in [-0.2, -0.15) is 0 Å². The highest BCUT2D eigenvalue weighted by atomic mass is 16.7. The van der Waals surface area contributed by atoms with E-state index in [1.807, 2.05) is 27.7 Å². The average Bonchev–Trinajstić information content (AvgIpc) is 2.55. The maximum atomic E-state index is 12.3. The molecule has 5 nitrogen and oxygen atoms in total. The zero-order valence-corrected chi connectivity index (χ0v) is 12.9. The van der Waals surface area contributed by atoms with Gasteiger partial charge in [-0.1, -0.05) is 0 Å². The molecule has 20 heavy (non-hydrogen) atoms. The molecule has 2 rings (SSSR count). The van der Waals surface area contributed by atoms with Crippen molar-refractivity contribution in [1.82, 2.24) is 0 Å². The normalized spacial score (nSPS) is 37.6. The Balaban J connectivity index is 2.16. The lowest BCUT2D eigenvalue weighted by molar-refractivity contribution is -0.237. The van der Waals surface area contributed by atoms with E-state index in [1.54, 1.807) is 7.11 Å². The SMILES string of the molecule is CO[C@@H]1CC[C@H]2[C@@H](C(=O)OC(C)(C)C)C(=O)C[C@@]2(C)O1. The third-order valence-electron chi connectivity index (χ3n) is 4.10. The third kappa shape index (κ3) is 2.88. The van der Waals surface area contributed by atoms with E-state index in [0.29, 0.717) is 6.42 Å². The van der Waals surface area contributed by atoms with Crippen molar-refractivity contribution in [3.63, 3.8) is 0 Å². The van der Waals surface area contributed by atoms with E-state index in [-0.39, 0.29) is 24.4 Å². The number of methoxy groups -OCH3 is 1. The minimum atomic E-state index is -0.697. The van der Waals surface area contributed by atoms with E-state index in [4.69, 9.17) is 14.2 Å². The maximum absolute atomic E-state index is 12.3. The molecule has 1 aliphatic heterocycles. The fourth-order valence-corrected chi connectivity index (χ4v) is 3.27. The fourth-order valence-electron chi connectivity index (χ4n) is 3.27. The molecule has 0 amide bonds. The first-order valence-electron chi connectivity index (χ1n) is 7.12. The minimum Gasteiger partial charge on any atom is -0.459 e. The first-order chi connectivity index (χ1) is 9.16. The number of ketones is 1. The molecule has 2 aliphatic rings. The van der Waals surface area contributed by atoms with Crippen molar-refractivity contribution in [2.45, 2.75) is 64.4 Å². The molecule has 1 saturated heterocycles. The summed E-state index contributed by atoms with van der Waals surface area (Å²) in [7, 11) is 1.59. The van der Waals surface area contributed by atoms with E-state index in [9.17, 15) is 9.59 Å². The van der Waals surface area contributed by atoms with Crippen LogP contribution in [0.25, 0.3) is 0 Å². The van der Waals surface area contributed by atoms with Crippen molar-refractivity contribution >= 4 is 11.8 Å². The summed E-state index contributed by atoms with van der Waals surface area (Å²) in [5, 5.41) is 0. The van der Waals surface area contributed by atoms with Gasteiger partial charge < -0.3 is 14.2 Å². The predicted octanol–water partition coefficient (Wildman–Crippen LogP) is 2.07. The summed E-state index contributed by atoms with van der Waals surface area (Å²) in [6.07, 6.45) is 1.40. The fraction of sp³-hybridized carbons (Fsp3) is 0.867. The van der Waals surface area contributed by atoms with Crippen LogP contribution in [-0.2, 0) is 23.8 Å². The second-order valence-electron chi connectivity index (χ2n) is 6.93. The standard InChI is InChI=1S/C15H24O5/c1-14(2,3)20-13(17)12-9-6-7-11(18-5)19-15(9,4)8-10(12)16/h9,11-12H,6-8H2,1-5H3/t9-,11-,12+,15+/m0/s1. The van der Waals surface area contributed by atoms with Crippen molar-refractivity contribution in [3.05, 3.63) is 0 Å². The number of carbonyl (C=O) groups is 2. The zero-order valence-electron chi connectivity index (χ0n) is 12.9. The largest absolute Gasteiger partial charge is 0.459 e. The summed E-state index contributed by atoms with van der Waals surface area (Å²) in [6.45, 7) is 7.32. The molecule has 0 aromatic heterocycles. The van der Waals surface area contributed by atoms with Gasteiger partial charge in [0.15, 0.2) is 6.29 Å². The second kappa shape index (κ2) is 5.11. The van der Waals surface area contributed by atoms with Crippen molar-refractivity contribution in [2.24, 2.45) is 11.8 Å². The van der Waals surface area contributed by atoms with Crippen LogP contribution in [0, 0.1) is 11.8 Å². The molecule has 0 unspecified atom stereocenters. The molecule has 114 valence electrons. The molecule has 0 spiro atoms. The maximum Gasteiger partial charge on any atom is 0.317 e. The summed E-state index contributed by atoms with van der Waals surface area (Å²) in [5.41, 5.74) is -1.20. The topological polar surface area (TPSA) is 61.8 Å². The van der Waals surface area contributed by atoms with Crippen LogP contribution in [0.3, 0.4) is 0 Å². The molecular weight excluding hydrogens is 260 g/mol. The minimum absolute atomic E-state index is 0.0801. The van der Waals surface area contributed by atoms with E-state index >= 15 is 0 Å². The number of Topliss-reactive ketones (excluding diaryl/α,β-unsaturated/α-hetero) is 1. The van der Waals surface area contributed by atoms with Crippen LogP contribution in [0.15, 0.2) is 0 Å². The van der Waals surface area contributed by atoms with E-state index < -0.39 is 23.1 Å². The van der Waals surface area contributed by atoms with Gasteiger partial charge in [-0.25, -0.2) is 0 Å². The van der Waals surface area contributed by atoms with Gasteiger partial charge >= 0.3 is 5.97 Å². The quantitative estimate of drug-likeness (QED) is 0.574. The monoisotopic (exact) mass is 284 g/mol. The Morgan fingerprint density at radius 2 is 2.00 bits per heavy atom. The molecule has 0 radical (unpaired) electrons. The summed E-state index contributed by atoms with van der Waals surface area (Å²) in [4.78, 5) is 24.5. The van der Waals surface area contributed by atoms with Gasteiger partial charge in [-0.3, -0.25) is 9.59 Å². The second-order valence-corrected chi connectivity index (χ2v) is 6.93. The first-order valence-corrected chi connectivity index (χ1v) is 7.12. The van der Waals surface area contributed by atoms with Gasteiger partial charge in [0, 0.05) is 19.4 Å². The Kier molecular flexibility index (Phi) is 3.95. The summed E-state index contributed by atoms with van der Waals surface area (Å²) < 4.78 is 16.5. The molecule has 1 saturated carbocycles. The highest BCUT2D eigenvalue weighted by molar-refractivity contribution is 6.02. The highest BCUT2D eigenvalue weighted by Gasteiger charge is 2.57. The summed E-state index contributed by atoms with van der Waals surface area (Å²) in [6, 6.07) is 0. The zero-order chi connectivity index (χ0) is 15.1. The Bertz CT molecular complexity index is 411. The Labute approximate surface area is 120 Å². The lowest BCUT2D eigenvalue weighted by Gasteiger charge is -2.40. The number of fused-ring (bicyclic) bond motifs is 1. The average molecular weight is 284 g/mol. The highest BCUT2D eigenvalue weighted by Crippen LogP contribution is 2.48. The van der Waals surface area contributed by atoms with Crippen molar-refractivity contribution in [3.8, 4) is 0 Å². The van der Waals surface area contributed by atoms with Gasteiger partial charge in [-0.15, -0.1) is 0 Å². The van der Waals surface area contributed by atoms with E-state index in [1.165, 1.54) is 0 Å². The van der Waals surface area contributed by atoms with Crippen LogP contribution < -0.4 is 0 Å². The molecular formula is C15H24O5. The van der Waals surface area contributed by atoms with Crippen LogP contribution in [0.4, 0.5) is 0 Å². The van der Waals surface area contributed by atoms with Crippen LogP contribution in [0.5, 0.6) is 0 Å². The number of rotatable bonds is 2. The Morgan fingerprint density at radius 3 is 2.55 bits per heavy atom. The van der Waals surface area contributed by atoms with Gasteiger partial charge in [0.25, 0.3) is 0 Å². The van der Waals surface area contributed by atoms with Crippen LogP contribution in [0.2, 0.25) is 0 Å². The number of esters is 1. The number of carbonyl (C=O) groups excluding carboxylic acids is 2. The van der Waals surface area contributed by atoms with Gasteiger partial charge in [0.2, 0.25) is 0 Å². The smallest absolute Gasteiger partial charge is 0.317 e. The first kappa shape index (κ1) is 15.4. The lowest BCUT2D eigenvalue weighted by Crippen LogP contribution is -2.46. The molecule has 0 aromatic rings. The Morgan fingerprint density at radius 1 is 1.35 bits per heavy atom. The van der Waals surface area contributed by atoms with Crippen molar-refractivity contribution in [2.75, 3.05) is 7.11 Å². The molecule has 2 fully saturated rings. The summed E-state index contributed by atoms with van der Waals surface area (Å²) in [5.74, 6) is -1.31. The van der Waals surface area contributed by atoms with Crippen LogP contribution >= 0.6 is 0 Å². The van der Waals surface area contributed by atoms with E-state index in [2.05, 4.69) is 0 Å². The molecule has 0 bridgehead atoms. The van der Waals surface area contributed by atoms with Gasteiger partial charge in [0.1, 0.15) is 17.3 Å². The van der Waals surface area contributed by atoms with Crippen molar-refractivity contribution < 1.29 is 23.8 Å². The molecule has 1 aliphatic carbocycles. The predicted molar refractivity (Wildman–Crippen MR) is 72.0 cm³/mol. The lowest BCUT2D eigenvalue weighted by atomic mass is 9.81. The molecule has 4 atom stereocenters. The summed E-state index contributed by atoms with van der Waals surface area (Å²) >= 11 is 0.